The van der Waals surface area contributed by atoms with Crippen LogP contribution >= 0.6 is 0 Å². The molecule has 0 aromatic carbocycles. The summed E-state index contributed by atoms with van der Waals surface area (Å²) in [7, 11) is 0. The number of hydrogen-bond acceptors (Lipinski definition) is 6. The number of ketones is 1. The fourth-order valence-electron chi connectivity index (χ4n) is 4.93. The number of carbonyl (C=O) groups is 5. The van der Waals surface area contributed by atoms with Gasteiger partial charge >= 0.3 is 0 Å². The van der Waals surface area contributed by atoms with Crippen LogP contribution in [-0.2, 0) is 28.7 Å². The first-order valence-electron chi connectivity index (χ1n) is 12.6. The summed E-state index contributed by atoms with van der Waals surface area (Å²) in [6, 6.07) is -1.84. The first-order chi connectivity index (χ1) is 16.2. The summed E-state index contributed by atoms with van der Waals surface area (Å²) in [6.45, 7) is 4.55. The standard InChI is InChI=1S/C24H38N4O6/c1-15(2)18(19(29)22(32)26-16-9-4-7-13-25-20(16)30)27-23(33)24(11-5-3-6-12-24)28-21(31)17-10-8-14-34-17/h15-18H,3-14H2,1-2H3,(H,25,30)(H,26,32)(H,27,33)(H,28,31)/t16-,17+,18-/m0/s1. The lowest BCUT2D eigenvalue weighted by Crippen LogP contribution is -2.64. The van der Waals surface area contributed by atoms with E-state index in [4.69, 9.17) is 4.74 Å². The van der Waals surface area contributed by atoms with Crippen molar-refractivity contribution in [3.63, 3.8) is 0 Å². The third-order valence-corrected chi connectivity index (χ3v) is 7.03. The molecule has 2 saturated heterocycles. The Hall–Kier alpha value is -2.49. The van der Waals surface area contributed by atoms with E-state index in [-0.39, 0.29) is 17.7 Å². The molecule has 1 saturated carbocycles. The Bertz CT molecular complexity index is 786. The zero-order valence-corrected chi connectivity index (χ0v) is 20.2. The summed E-state index contributed by atoms with van der Waals surface area (Å²) in [5, 5.41) is 10.9. The largest absolute Gasteiger partial charge is 0.368 e. The molecular weight excluding hydrogens is 440 g/mol. The molecule has 3 aliphatic rings. The zero-order valence-electron chi connectivity index (χ0n) is 20.2. The van der Waals surface area contributed by atoms with E-state index in [1.807, 2.05) is 0 Å². The summed E-state index contributed by atoms with van der Waals surface area (Å²) in [4.78, 5) is 64.2. The van der Waals surface area contributed by atoms with Crippen LogP contribution in [0.5, 0.6) is 0 Å². The molecule has 34 heavy (non-hydrogen) atoms. The third kappa shape index (κ3) is 6.34. The summed E-state index contributed by atoms with van der Waals surface area (Å²) in [5.41, 5.74) is -1.13. The molecular formula is C24H38N4O6. The quantitative estimate of drug-likeness (QED) is 0.374. The Morgan fingerprint density at radius 1 is 1.00 bits per heavy atom. The normalized spacial score (nSPS) is 25.6. The van der Waals surface area contributed by atoms with E-state index in [0.29, 0.717) is 38.8 Å². The van der Waals surface area contributed by atoms with Crippen molar-refractivity contribution in [1.82, 2.24) is 21.3 Å². The number of rotatable bonds is 8. The Kier molecular flexibility index (Phi) is 9.04. The average molecular weight is 479 g/mol. The van der Waals surface area contributed by atoms with E-state index >= 15 is 0 Å². The van der Waals surface area contributed by atoms with Gasteiger partial charge in [-0.2, -0.15) is 0 Å². The highest BCUT2D eigenvalue weighted by Crippen LogP contribution is 2.30. The lowest BCUT2D eigenvalue weighted by atomic mass is 9.80. The van der Waals surface area contributed by atoms with Crippen LogP contribution in [-0.4, -0.2) is 66.3 Å². The molecule has 0 spiro atoms. The average Bonchev–Trinajstić information content (AvgIpc) is 3.29. The molecule has 3 fully saturated rings. The topological polar surface area (TPSA) is 143 Å². The van der Waals surface area contributed by atoms with E-state index in [1.165, 1.54) is 0 Å². The van der Waals surface area contributed by atoms with Crippen LogP contribution in [0.4, 0.5) is 0 Å². The smallest absolute Gasteiger partial charge is 0.290 e. The van der Waals surface area contributed by atoms with Gasteiger partial charge in [0.15, 0.2) is 0 Å². The van der Waals surface area contributed by atoms with Crippen LogP contribution < -0.4 is 21.3 Å². The summed E-state index contributed by atoms with van der Waals surface area (Å²) in [6.07, 6.45) is 6.33. The number of nitrogens with one attached hydrogen (secondary N) is 4. The van der Waals surface area contributed by atoms with Gasteiger partial charge in [0, 0.05) is 13.2 Å². The number of carbonyl (C=O) groups excluding carboxylic acids is 5. The fraction of sp³-hybridized carbons (Fsp3) is 0.792. The van der Waals surface area contributed by atoms with Crippen LogP contribution in [0, 0.1) is 5.92 Å². The molecule has 0 bridgehead atoms. The maximum atomic E-state index is 13.5. The molecule has 0 aromatic rings. The van der Waals surface area contributed by atoms with Gasteiger partial charge in [0.1, 0.15) is 17.7 Å². The molecule has 190 valence electrons. The number of hydrogen-bond donors (Lipinski definition) is 4. The van der Waals surface area contributed by atoms with E-state index in [0.717, 1.165) is 38.5 Å². The van der Waals surface area contributed by atoms with Crippen LogP contribution in [0.1, 0.15) is 78.1 Å². The molecule has 4 amide bonds. The molecule has 2 aliphatic heterocycles. The highest BCUT2D eigenvalue weighted by Gasteiger charge is 2.44. The van der Waals surface area contributed by atoms with Crippen molar-refractivity contribution in [1.29, 1.82) is 0 Å². The Morgan fingerprint density at radius 3 is 2.38 bits per heavy atom. The maximum Gasteiger partial charge on any atom is 0.290 e. The van der Waals surface area contributed by atoms with Gasteiger partial charge in [0.2, 0.25) is 23.5 Å². The number of ether oxygens (including phenoxy) is 1. The highest BCUT2D eigenvalue weighted by atomic mass is 16.5. The summed E-state index contributed by atoms with van der Waals surface area (Å²) < 4.78 is 5.48. The molecule has 3 atom stereocenters. The van der Waals surface area contributed by atoms with Crippen LogP contribution in [0.2, 0.25) is 0 Å². The molecule has 10 heteroatoms. The van der Waals surface area contributed by atoms with E-state index in [9.17, 15) is 24.0 Å². The van der Waals surface area contributed by atoms with Crippen molar-refractivity contribution in [2.75, 3.05) is 13.2 Å². The van der Waals surface area contributed by atoms with Crippen molar-refractivity contribution >= 4 is 29.4 Å². The maximum absolute atomic E-state index is 13.5. The second-order valence-corrected chi connectivity index (χ2v) is 10.0. The zero-order chi connectivity index (χ0) is 24.7. The van der Waals surface area contributed by atoms with Crippen LogP contribution in [0.25, 0.3) is 0 Å². The monoisotopic (exact) mass is 478 g/mol. The molecule has 3 rings (SSSR count). The van der Waals surface area contributed by atoms with Crippen LogP contribution in [0.3, 0.4) is 0 Å². The van der Waals surface area contributed by atoms with Gasteiger partial charge in [0.05, 0.1) is 6.04 Å². The minimum Gasteiger partial charge on any atom is -0.368 e. The van der Waals surface area contributed by atoms with Crippen molar-refractivity contribution in [3.05, 3.63) is 0 Å². The Balaban J connectivity index is 1.69. The SMILES string of the molecule is CC(C)[C@H](NC(=O)C1(NC(=O)[C@H]2CCCO2)CCCCC1)C(=O)C(=O)N[C@H]1CCCCNC1=O. The second-order valence-electron chi connectivity index (χ2n) is 10.0. The molecule has 2 heterocycles. The minimum atomic E-state index is -1.13. The second kappa shape index (κ2) is 11.8. The molecule has 10 nitrogen and oxygen atoms in total. The van der Waals surface area contributed by atoms with Gasteiger partial charge in [-0.1, -0.05) is 33.1 Å². The predicted molar refractivity (Wildman–Crippen MR) is 123 cm³/mol. The first-order valence-corrected chi connectivity index (χ1v) is 12.6. The molecule has 0 unspecified atom stereocenters. The third-order valence-electron chi connectivity index (χ3n) is 7.03. The Labute approximate surface area is 200 Å². The Morgan fingerprint density at radius 2 is 1.74 bits per heavy atom. The van der Waals surface area contributed by atoms with Crippen molar-refractivity contribution in [3.8, 4) is 0 Å². The lowest BCUT2D eigenvalue weighted by molar-refractivity contribution is -0.144. The van der Waals surface area contributed by atoms with Crippen molar-refractivity contribution < 1.29 is 28.7 Å². The van der Waals surface area contributed by atoms with E-state index in [2.05, 4.69) is 21.3 Å². The molecule has 0 aromatic heterocycles. The fourth-order valence-corrected chi connectivity index (χ4v) is 4.93. The number of Topliss-reactive ketones (excluding diaryl/α,β-unsaturated/α-hetero) is 1. The molecule has 4 N–H and O–H groups in total. The highest BCUT2D eigenvalue weighted by molar-refractivity contribution is 6.39. The van der Waals surface area contributed by atoms with Gasteiger partial charge < -0.3 is 26.0 Å². The summed E-state index contributed by atoms with van der Waals surface area (Å²) in [5.74, 6) is -3.11. The van der Waals surface area contributed by atoms with Crippen molar-refractivity contribution in [2.24, 2.45) is 5.92 Å². The van der Waals surface area contributed by atoms with Gasteiger partial charge in [0.25, 0.3) is 5.91 Å². The molecule has 0 radical (unpaired) electrons. The van der Waals surface area contributed by atoms with Gasteiger partial charge in [-0.05, 0) is 50.9 Å². The number of amides is 4. The minimum absolute atomic E-state index is 0.304. The van der Waals surface area contributed by atoms with E-state index < -0.39 is 41.3 Å². The predicted octanol–water partition coefficient (Wildman–Crippen LogP) is 0.479. The first kappa shape index (κ1) is 26.1. The lowest BCUT2D eigenvalue weighted by Gasteiger charge is -2.38. The van der Waals surface area contributed by atoms with E-state index in [1.54, 1.807) is 13.8 Å². The molecule has 1 aliphatic carbocycles. The van der Waals surface area contributed by atoms with Gasteiger partial charge in [-0.15, -0.1) is 0 Å². The van der Waals surface area contributed by atoms with Gasteiger partial charge in [-0.3, -0.25) is 24.0 Å². The van der Waals surface area contributed by atoms with Crippen LogP contribution in [0.15, 0.2) is 0 Å². The van der Waals surface area contributed by atoms with Gasteiger partial charge in [-0.25, -0.2) is 0 Å². The van der Waals surface area contributed by atoms with Crippen molar-refractivity contribution in [2.45, 2.75) is 102 Å². The summed E-state index contributed by atoms with van der Waals surface area (Å²) >= 11 is 0.